The highest BCUT2D eigenvalue weighted by molar-refractivity contribution is 5.95. The van der Waals surface area contributed by atoms with E-state index in [0.717, 1.165) is 5.69 Å². The minimum Gasteiger partial charge on any atom is -0.493 e. The Labute approximate surface area is 152 Å². The number of ether oxygens (including phenoxy) is 2. The van der Waals surface area contributed by atoms with Crippen LogP contribution in [0.4, 0.5) is 5.69 Å². The van der Waals surface area contributed by atoms with Crippen LogP contribution in [0.3, 0.4) is 0 Å². The Balaban J connectivity index is 1.46. The van der Waals surface area contributed by atoms with Crippen LogP contribution >= 0.6 is 0 Å². The molecule has 1 aliphatic rings. The van der Waals surface area contributed by atoms with E-state index in [-0.39, 0.29) is 24.3 Å². The van der Waals surface area contributed by atoms with Gasteiger partial charge in [-0.3, -0.25) is 9.59 Å². The van der Waals surface area contributed by atoms with Crippen LogP contribution in [0.2, 0.25) is 0 Å². The van der Waals surface area contributed by atoms with E-state index in [2.05, 4.69) is 5.32 Å². The maximum absolute atomic E-state index is 12.2. The average Bonchev–Trinajstić information content (AvgIpc) is 3.06. The molecule has 1 fully saturated rings. The summed E-state index contributed by atoms with van der Waals surface area (Å²) in [6.07, 6.45) is 0.433. The molecule has 26 heavy (non-hydrogen) atoms. The second-order valence-corrected chi connectivity index (χ2v) is 6.15. The summed E-state index contributed by atoms with van der Waals surface area (Å²) in [6, 6.07) is 16.7. The minimum absolute atomic E-state index is 0.0840. The molecule has 0 saturated carbocycles. The van der Waals surface area contributed by atoms with Gasteiger partial charge in [0.1, 0.15) is 0 Å². The molecule has 1 aliphatic heterocycles. The van der Waals surface area contributed by atoms with Crippen LogP contribution in [0.5, 0.6) is 11.5 Å². The first-order chi connectivity index (χ1) is 12.7. The first-order valence-electron chi connectivity index (χ1n) is 8.55. The normalized spacial score (nSPS) is 16.4. The molecule has 2 aromatic rings. The molecule has 1 atom stereocenters. The van der Waals surface area contributed by atoms with Gasteiger partial charge in [-0.15, -0.1) is 0 Å². The maximum Gasteiger partial charge on any atom is 0.257 e. The van der Waals surface area contributed by atoms with Crippen LogP contribution in [0, 0.1) is 5.92 Å². The number of hydrogen-bond acceptors (Lipinski definition) is 4. The Morgan fingerprint density at radius 2 is 1.81 bits per heavy atom. The zero-order valence-corrected chi connectivity index (χ0v) is 14.7. The third kappa shape index (κ3) is 4.33. The van der Waals surface area contributed by atoms with Gasteiger partial charge >= 0.3 is 0 Å². The molecule has 0 aromatic heterocycles. The van der Waals surface area contributed by atoms with Crippen molar-refractivity contribution in [1.82, 2.24) is 5.32 Å². The van der Waals surface area contributed by atoms with E-state index in [1.54, 1.807) is 24.1 Å². The summed E-state index contributed by atoms with van der Waals surface area (Å²) in [5.41, 5.74) is 0.894. The van der Waals surface area contributed by atoms with Crippen molar-refractivity contribution < 1.29 is 19.1 Å². The summed E-state index contributed by atoms with van der Waals surface area (Å²) in [6.45, 7) is 0.961. The van der Waals surface area contributed by atoms with Crippen molar-refractivity contribution in [2.24, 2.45) is 5.92 Å². The van der Waals surface area contributed by atoms with Gasteiger partial charge < -0.3 is 19.7 Å². The fourth-order valence-electron chi connectivity index (χ4n) is 2.97. The molecule has 1 saturated heterocycles. The summed E-state index contributed by atoms with van der Waals surface area (Å²) >= 11 is 0. The van der Waals surface area contributed by atoms with Gasteiger partial charge in [-0.2, -0.15) is 0 Å². The highest BCUT2D eigenvalue weighted by Crippen LogP contribution is 2.26. The Hall–Kier alpha value is -3.02. The molecule has 2 amide bonds. The molecule has 6 nitrogen and oxygen atoms in total. The third-order valence-corrected chi connectivity index (χ3v) is 4.29. The zero-order valence-electron chi connectivity index (χ0n) is 14.7. The standard InChI is InChI=1S/C20H22N2O4/c1-25-17-9-5-6-10-18(17)26-14-19(23)21-12-15-11-20(24)22(13-15)16-7-3-2-4-8-16/h2-10,15H,11-14H2,1H3,(H,21,23)/t15-/m0/s1. The number of anilines is 1. The van der Waals surface area contributed by atoms with Crippen molar-refractivity contribution in [2.75, 3.05) is 31.7 Å². The van der Waals surface area contributed by atoms with Crippen LogP contribution in [0.1, 0.15) is 6.42 Å². The molecule has 0 spiro atoms. The van der Waals surface area contributed by atoms with Gasteiger partial charge in [0.05, 0.1) is 7.11 Å². The number of rotatable bonds is 7. The van der Waals surface area contributed by atoms with Crippen molar-refractivity contribution in [3.63, 3.8) is 0 Å². The predicted molar refractivity (Wildman–Crippen MR) is 98.4 cm³/mol. The summed E-state index contributed by atoms with van der Waals surface area (Å²) in [5, 5.41) is 2.84. The number of carbonyl (C=O) groups is 2. The van der Waals surface area contributed by atoms with Crippen LogP contribution in [0.25, 0.3) is 0 Å². The smallest absolute Gasteiger partial charge is 0.257 e. The summed E-state index contributed by atoms with van der Waals surface area (Å²) < 4.78 is 10.7. The number of methoxy groups -OCH3 is 1. The highest BCUT2D eigenvalue weighted by Gasteiger charge is 2.30. The third-order valence-electron chi connectivity index (χ3n) is 4.29. The molecule has 0 unspecified atom stereocenters. The fourth-order valence-corrected chi connectivity index (χ4v) is 2.97. The van der Waals surface area contributed by atoms with Crippen molar-refractivity contribution in [1.29, 1.82) is 0 Å². The van der Waals surface area contributed by atoms with E-state index < -0.39 is 0 Å². The molecule has 0 radical (unpaired) electrons. The Morgan fingerprint density at radius 1 is 1.12 bits per heavy atom. The number of nitrogens with zero attached hydrogens (tertiary/aromatic N) is 1. The molecule has 0 bridgehead atoms. The summed E-state index contributed by atoms with van der Waals surface area (Å²) in [7, 11) is 1.55. The first kappa shape index (κ1) is 17.8. The Bertz CT molecular complexity index is 763. The van der Waals surface area contributed by atoms with Crippen molar-refractivity contribution >= 4 is 17.5 Å². The molecule has 2 aromatic carbocycles. The van der Waals surface area contributed by atoms with Crippen LogP contribution in [0.15, 0.2) is 54.6 Å². The minimum atomic E-state index is -0.221. The zero-order chi connectivity index (χ0) is 18.4. The molecule has 136 valence electrons. The lowest BCUT2D eigenvalue weighted by molar-refractivity contribution is -0.123. The molecule has 3 rings (SSSR count). The number of carbonyl (C=O) groups excluding carboxylic acids is 2. The number of benzene rings is 2. The van der Waals surface area contributed by atoms with Gasteiger partial charge in [-0.1, -0.05) is 30.3 Å². The van der Waals surface area contributed by atoms with Gasteiger partial charge in [-0.05, 0) is 24.3 Å². The average molecular weight is 354 g/mol. The molecule has 6 heteroatoms. The first-order valence-corrected chi connectivity index (χ1v) is 8.55. The second-order valence-electron chi connectivity index (χ2n) is 6.15. The molecular formula is C20H22N2O4. The van der Waals surface area contributed by atoms with Gasteiger partial charge in [0, 0.05) is 31.1 Å². The monoisotopic (exact) mass is 354 g/mol. The van der Waals surface area contributed by atoms with Gasteiger partial charge in [0.25, 0.3) is 5.91 Å². The molecule has 0 aliphatic carbocycles. The largest absolute Gasteiger partial charge is 0.493 e. The van der Waals surface area contributed by atoms with E-state index in [9.17, 15) is 9.59 Å². The predicted octanol–water partition coefficient (Wildman–Crippen LogP) is 2.24. The van der Waals surface area contributed by atoms with Crippen LogP contribution in [-0.2, 0) is 9.59 Å². The maximum atomic E-state index is 12.2. The van der Waals surface area contributed by atoms with Crippen molar-refractivity contribution in [3.05, 3.63) is 54.6 Å². The van der Waals surface area contributed by atoms with E-state index in [1.165, 1.54) is 0 Å². The quantitative estimate of drug-likeness (QED) is 0.828. The Kier molecular flexibility index (Phi) is 5.73. The molecular weight excluding hydrogens is 332 g/mol. The second kappa shape index (κ2) is 8.38. The van der Waals surface area contributed by atoms with Gasteiger partial charge in [0.15, 0.2) is 18.1 Å². The number of amides is 2. The van der Waals surface area contributed by atoms with E-state index in [0.29, 0.717) is 31.0 Å². The number of para-hydroxylation sites is 3. The van der Waals surface area contributed by atoms with E-state index in [4.69, 9.17) is 9.47 Å². The van der Waals surface area contributed by atoms with Gasteiger partial charge in [-0.25, -0.2) is 0 Å². The number of hydrogen-bond donors (Lipinski definition) is 1. The Morgan fingerprint density at radius 3 is 2.54 bits per heavy atom. The van der Waals surface area contributed by atoms with Crippen molar-refractivity contribution in [2.45, 2.75) is 6.42 Å². The lowest BCUT2D eigenvalue weighted by Gasteiger charge is -2.17. The van der Waals surface area contributed by atoms with E-state index in [1.807, 2.05) is 42.5 Å². The fraction of sp³-hybridized carbons (Fsp3) is 0.300. The molecule has 1 N–H and O–H groups in total. The van der Waals surface area contributed by atoms with Crippen LogP contribution < -0.4 is 19.7 Å². The molecule has 1 heterocycles. The highest BCUT2D eigenvalue weighted by atomic mass is 16.5. The lowest BCUT2D eigenvalue weighted by Crippen LogP contribution is -2.34. The van der Waals surface area contributed by atoms with Crippen molar-refractivity contribution in [3.8, 4) is 11.5 Å². The SMILES string of the molecule is COc1ccccc1OCC(=O)NC[C@@H]1CC(=O)N(c2ccccc2)C1. The topological polar surface area (TPSA) is 67.9 Å². The van der Waals surface area contributed by atoms with Gasteiger partial charge in [0.2, 0.25) is 5.91 Å². The summed E-state index contributed by atoms with van der Waals surface area (Å²) in [4.78, 5) is 26.0. The number of nitrogens with one attached hydrogen (secondary N) is 1. The lowest BCUT2D eigenvalue weighted by atomic mass is 10.1. The van der Waals surface area contributed by atoms with E-state index >= 15 is 0 Å². The summed E-state index contributed by atoms with van der Waals surface area (Å²) in [5.74, 6) is 1.07. The van der Waals surface area contributed by atoms with Crippen LogP contribution in [-0.4, -0.2) is 38.6 Å².